The van der Waals surface area contributed by atoms with E-state index in [0.29, 0.717) is 0 Å². The van der Waals surface area contributed by atoms with Gasteiger partial charge < -0.3 is 4.90 Å². The van der Waals surface area contributed by atoms with Crippen LogP contribution in [0.5, 0.6) is 0 Å². The van der Waals surface area contributed by atoms with Crippen LogP contribution < -0.4 is 0 Å². The Morgan fingerprint density at radius 2 is 1.75 bits per heavy atom. The molecular formula is C4H8N2O2. The summed E-state index contributed by atoms with van der Waals surface area (Å²) < 4.78 is 0. The van der Waals surface area contributed by atoms with Gasteiger partial charge in [0.1, 0.15) is 0 Å². The van der Waals surface area contributed by atoms with Crippen LogP contribution in [0.3, 0.4) is 0 Å². The molecule has 0 radical (unpaired) electrons. The summed E-state index contributed by atoms with van der Waals surface area (Å²) in [7, 11) is 3.38. The summed E-state index contributed by atoms with van der Waals surface area (Å²) in [5.41, 5.74) is 0. The third kappa shape index (κ3) is 99.5. The molecule has 0 spiro atoms. The number of carbonyl (C=O) groups excluding carboxylic acids is 2. The molecule has 0 saturated carbocycles. The van der Waals surface area contributed by atoms with Crippen LogP contribution >= 0.6 is 0 Å². The van der Waals surface area contributed by atoms with Crippen molar-refractivity contribution in [1.29, 1.82) is 5.41 Å². The zero-order valence-corrected chi connectivity index (χ0v) is 4.84. The zero-order valence-electron chi connectivity index (χ0n) is 4.84. The van der Waals surface area contributed by atoms with Crippen molar-refractivity contribution >= 4 is 12.5 Å². The number of nitrogens with zero attached hydrogens (tertiary/aromatic N) is 1. The lowest BCUT2D eigenvalue weighted by Gasteiger charge is -1.93. The third-order valence-corrected chi connectivity index (χ3v) is 0.211. The van der Waals surface area contributed by atoms with Gasteiger partial charge in [-0.1, -0.05) is 0 Å². The SMILES string of the molecule is CN(C)C=O.N=C=O. The highest BCUT2D eigenvalue weighted by molar-refractivity contribution is 5.45. The van der Waals surface area contributed by atoms with Crippen LogP contribution in [-0.2, 0) is 9.59 Å². The summed E-state index contributed by atoms with van der Waals surface area (Å²) in [4.78, 5) is 19.2. The summed E-state index contributed by atoms with van der Waals surface area (Å²) in [6, 6.07) is 0. The van der Waals surface area contributed by atoms with E-state index >= 15 is 0 Å². The second-order valence-corrected chi connectivity index (χ2v) is 1.17. The molecule has 0 aromatic heterocycles. The Morgan fingerprint density at radius 1 is 1.62 bits per heavy atom. The first-order valence-electron chi connectivity index (χ1n) is 1.84. The predicted molar refractivity (Wildman–Crippen MR) is 28.2 cm³/mol. The first kappa shape index (κ1) is 9.97. The maximum Gasteiger partial charge on any atom is 0.231 e. The molecule has 0 aliphatic heterocycles. The molecule has 0 unspecified atom stereocenters. The van der Waals surface area contributed by atoms with Crippen molar-refractivity contribution in [2.45, 2.75) is 0 Å². The Hall–Kier alpha value is -1.15. The van der Waals surface area contributed by atoms with Gasteiger partial charge in [-0.3, -0.25) is 4.79 Å². The van der Waals surface area contributed by atoms with E-state index in [0.717, 1.165) is 12.5 Å². The molecule has 1 amide bonds. The van der Waals surface area contributed by atoms with Crippen molar-refractivity contribution in [1.82, 2.24) is 4.90 Å². The van der Waals surface area contributed by atoms with Crippen molar-refractivity contribution in [2.75, 3.05) is 14.1 Å². The predicted octanol–water partition coefficient (Wildman–Crippen LogP) is -0.395. The Morgan fingerprint density at radius 3 is 1.75 bits per heavy atom. The number of hydrogen-bond donors (Lipinski definition) is 1. The van der Waals surface area contributed by atoms with E-state index < -0.39 is 0 Å². The van der Waals surface area contributed by atoms with E-state index in [1.54, 1.807) is 14.1 Å². The largest absolute Gasteiger partial charge is 0.351 e. The average Bonchev–Trinajstić information content (AvgIpc) is 1.69. The zero-order chi connectivity index (χ0) is 6.99. The summed E-state index contributed by atoms with van der Waals surface area (Å²) >= 11 is 0. The smallest absolute Gasteiger partial charge is 0.231 e. The molecule has 0 aromatic carbocycles. The summed E-state index contributed by atoms with van der Waals surface area (Å²) in [5, 5.41) is 5.40. The molecule has 4 nitrogen and oxygen atoms in total. The lowest BCUT2D eigenvalue weighted by molar-refractivity contribution is -0.115. The fourth-order valence-electron chi connectivity index (χ4n) is 0. The molecule has 46 valence electrons. The molecule has 0 aliphatic carbocycles. The highest BCUT2D eigenvalue weighted by Crippen LogP contribution is 1.52. The van der Waals surface area contributed by atoms with E-state index in [9.17, 15) is 4.79 Å². The fourth-order valence-corrected chi connectivity index (χ4v) is 0. The van der Waals surface area contributed by atoms with Crippen LogP contribution in [0.25, 0.3) is 0 Å². The number of rotatable bonds is 1. The minimum Gasteiger partial charge on any atom is -0.351 e. The summed E-state index contributed by atoms with van der Waals surface area (Å²) in [6.45, 7) is 0. The van der Waals surface area contributed by atoms with Crippen molar-refractivity contribution in [3.8, 4) is 0 Å². The number of nitrogens with one attached hydrogen (secondary N) is 1. The van der Waals surface area contributed by atoms with Gasteiger partial charge in [-0.25, -0.2) is 10.2 Å². The van der Waals surface area contributed by atoms with Gasteiger partial charge in [-0.2, -0.15) is 0 Å². The van der Waals surface area contributed by atoms with Gasteiger partial charge in [0.2, 0.25) is 12.5 Å². The molecule has 0 heterocycles. The van der Waals surface area contributed by atoms with Gasteiger partial charge in [0.15, 0.2) is 0 Å². The van der Waals surface area contributed by atoms with Crippen molar-refractivity contribution in [2.24, 2.45) is 0 Å². The standard InChI is InChI=1S/C3H7NO.CHNO/c1-4(2)3-5;2-1-3/h3H,1-2H3;2H. The van der Waals surface area contributed by atoms with E-state index in [2.05, 4.69) is 0 Å². The van der Waals surface area contributed by atoms with Gasteiger partial charge in [-0.05, 0) is 0 Å². The molecule has 0 saturated heterocycles. The third-order valence-electron chi connectivity index (χ3n) is 0.211. The van der Waals surface area contributed by atoms with E-state index in [1.165, 1.54) is 4.90 Å². The quantitative estimate of drug-likeness (QED) is 0.288. The molecule has 0 bridgehead atoms. The average molecular weight is 116 g/mol. The van der Waals surface area contributed by atoms with Crippen LogP contribution in [0.2, 0.25) is 0 Å². The van der Waals surface area contributed by atoms with Crippen LogP contribution in [0.15, 0.2) is 0 Å². The maximum atomic E-state index is 9.43. The van der Waals surface area contributed by atoms with Crippen molar-refractivity contribution in [3.63, 3.8) is 0 Å². The number of isocyanates is 1. The molecule has 0 aromatic rings. The Kier molecular flexibility index (Phi) is 11.6. The van der Waals surface area contributed by atoms with Gasteiger partial charge in [-0.15, -0.1) is 0 Å². The minimum atomic E-state index is 0.750. The van der Waals surface area contributed by atoms with E-state index in [1.807, 2.05) is 0 Å². The second kappa shape index (κ2) is 9.28. The first-order valence-corrected chi connectivity index (χ1v) is 1.84. The Balaban J connectivity index is 0. The summed E-state index contributed by atoms with van der Waals surface area (Å²) in [5.74, 6) is 0. The molecule has 0 fully saturated rings. The molecular weight excluding hydrogens is 108 g/mol. The normalized spacial score (nSPS) is 5.25. The molecule has 0 atom stereocenters. The van der Waals surface area contributed by atoms with Gasteiger partial charge in [0, 0.05) is 14.1 Å². The van der Waals surface area contributed by atoms with E-state index in [4.69, 9.17) is 10.2 Å². The van der Waals surface area contributed by atoms with E-state index in [-0.39, 0.29) is 0 Å². The van der Waals surface area contributed by atoms with Crippen LogP contribution in [-0.4, -0.2) is 31.5 Å². The maximum absolute atomic E-state index is 9.43. The highest BCUT2D eigenvalue weighted by atomic mass is 16.1. The van der Waals surface area contributed by atoms with Crippen LogP contribution in [0, 0.1) is 5.41 Å². The summed E-state index contributed by atoms with van der Waals surface area (Å²) in [6.07, 6.45) is 1.50. The van der Waals surface area contributed by atoms with Crippen molar-refractivity contribution < 1.29 is 9.59 Å². The van der Waals surface area contributed by atoms with Crippen LogP contribution in [0.4, 0.5) is 0 Å². The lowest BCUT2D eigenvalue weighted by atomic mass is 11.0. The topological polar surface area (TPSA) is 61.2 Å². The fraction of sp³-hybridized carbons (Fsp3) is 0.500. The minimum absolute atomic E-state index is 0.750. The van der Waals surface area contributed by atoms with Gasteiger partial charge >= 0.3 is 0 Å². The molecule has 1 N–H and O–H groups in total. The molecule has 8 heavy (non-hydrogen) atoms. The molecule has 4 heteroatoms. The van der Waals surface area contributed by atoms with Gasteiger partial charge in [0.05, 0.1) is 0 Å². The monoisotopic (exact) mass is 116 g/mol. The van der Waals surface area contributed by atoms with Gasteiger partial charge in [0.25, 0.3) is 0 Å². The highest BCUT2D eigenvalue weighted by Gasteiger charge is 1.68. The molecule has 0 rings (SSSR count). The number of amides is 1. The molecule has 0 aliphatic rings. The number of carbonyl (C=O) groups is 1. The first-order chi connectivity index (χ1) is 3.68. The Labute approximate surface area is 47.6 Å². The second-order valence-electron chi connectivity index (χ2n) is 1.17. The van der Waals surface area contributed by atoms with Crippen LogP contribution in [0.1, 0.15) is 0 Å². The van der Waals surface area contributed by atoms with Crippen molar-refractivity contribution in [3.05, 3.63) is 0 Å². The number of hydrogen-bond acceptors (Lipinski definition) is 3. The Bertz CT molecular complexity index is 84.0. The lowest BCUT2D eigenvalue weighted by Crippen LogP contribution is -2.06.